The van der Waals surface area contributed by atoms with Crippen LogP contribution in [0.15, 0.2) is 65.7 Å². The van der Waals surface area contributed by atoms with E-state index in [1.54, 1.807) is 12.3 Å². The summed E-state index contributed by atoms with van der Waals surface area (Å²) >= 11 is 0. The number of aromatic amines is 1. The van der Waals surface area contributed by atoms with Crippen LogP contribution >= 0.6 is 0 Å². The van der Waals surface area contributed by atoms with E-state index in [1.165, 1.54) is 17.7 Å². The predicted octanol–water partition coefficient (Wildman–Crippen LogP) is 4.12. The second-order valence-electron chi connectivity index (χ2n) is 8.96. The lowest BCUT2D eigenvalue weighted by atomic mass is 10.1. The fraction of sp³-hybridized carbons (Fsp3) is 0.296. The molecule has 0 bridgehead atoms. The van der Waals surface area contributed by atoms with Crippen LogP contribution in [0.4, 0.5) is 27.5 Å². The predicted molar refractivity (Wildman–Crippen MR) is 142 cm³/mol. The van der Waals surface area contributed by atoms with E-state index in [-0.39, 0.29) is 5.56 Å². The molecule has 36 heavy (non-hydrogen) atoms. The number of nitrogens with zero attached hydrogens (tertiary/aromatic N) is 4. The molecule has 1 aliphatic rings. The zero-order valence-electron chi connectivity index (χ0n) is 20.3. The summed E-state index contributed by atoms with van der Waals surface area (Å²) in [4.78, 5) is 29.0. The summed E-state index contributed by atoms with van der Waals surface area (Å²) in [6.07, 6.45) is 3.74. The second kappa shape index (κ2) is 10.8. The van der Waals surface area contributed by atoms with Crippen molar-refractivity contribution in [3.05, 3.63) is 82.7 Å². The lowest BCUT2D eigenvalue weighted by Gasteiger charge is -2.34. The maximum absolute atomic E-state index is 13.2. The van der Waals surface area contributed by atoms with E-state index in [0.717, 1.165) is 63.0 Å². The maximum atomic E-state index is 13.2. The monoisotopic (exact) mass is 487 g/mol. The molecule has 0 aliphatic carbocycles. The molecule has 0 radical (unpaired) electrons. The van der Waals surface area contributed by atoms with Gasteiger partial charge in [-0.05, 0) is 60.3 Å². The van der Waals surface area contributed by atoms with Crippen molar-refractivity contribution in [1.82, 2.24) is 24.8 Å². The third-order valence-electron chi connectivity index (χ3n) is 6.58. The molecule has 8 nitrogen and oxygen atoms in total. The summed E-state index contributed by atoms with van der Waals surface area (Å²) in [6.45, 7) is 8.93. The van der Waals surface area contributed by atoms with Gasteiger partial charge < -0.3 is 25.4 Å². The lowest BCUT2D eigenvalue weighted by molar-refractivity contribution is 0.138. The quantitative estimate of drug-likeness (QED) is 0.344. The SMILES string of the molecule is CCN1CCN(CCc2ccc(Nc3nc(Nc4ccc(F)cn4)cc4cc[nH]c(=O)c34)cc2)CC1. The number of aromatic nitrogens is 3. The molecule has 1 saturated heterocycles. The molecule has 9 heteroatoms. The zero-order valence-corrected chi connectivity index (χ0v) is 20.3. The molecule has 5 rings (SSSR count). The van der Waals surface area contributed by atoms with Gasteiger partial charge >= 0.3 is 0 Å². The molecule has 3 N–H and O–H groups in total. The third-order valence-corrected chi connectivity index (χ3v) is 6.58. The van der Waals surface area contributed by atoms with Gasteiger partial charge in [0.15, 0.2) is 0 Å². The molecule has 1 aliphatic heterocycles. The van der Waals surface area contributed by atoms with E-state index in [4.69, 9.17) is 0 Å². The van der Waals surface area contributed by atoms with Gasteiger partial charge in [0.2, 0.25) is 0 Å². The topological polar surface area (TPSA) is 89.2 Å². The molecule has 3 aromatic heterocycles. The number of hydrogen-bond acceptors (Lipinski definition) is 7. The van der Waals surface area contributed by atoms with Gasteiger partial charge in [0.05, 0.1) is 11.6 Å². The van der Waals surface area contributed by atoms with E-state index in [1.807, 2.05) is 18.2 Å². The van der Waals surface area contributed by atoms with Crippen molar-refractivity contribution in [3.8, 4) is 0 Å². The summed E-state index contributed by atoms with van der Waals surface area (Å²) in [6, 6.07) is 14.7. The maximum Gasteiger partial charge on any atom is 0.259 e. The fourth-order valence-electron chi connectivity index (χ4n) is 4.46. The zero-order chi connectivity index (χ0) is 24.9. The Morgan fingerprint density at radius 3 is 2.47 bits per heavy atom. The van der Waals surface area contributed by atoms with Gasteiger partial charge in [0, 0.05) is 44.6 Å². The minimum absolute atomic E-state index is 0.228. The Morgan fingerprint density at radius 1 is 0.972 bits per heavy atom. The number of fused-ring (bicyclic) bond motifs is 1. The number of likely N-dealkylation sites (N-methyl/N-ethyl adjacent to an activating group) is 1. The van der Waals surface area contributed by atoms with Crippen LogP contribution in [0.3, 0.4) is 0 Å². The van der Waals surface area contributed by atoms with Gasteiger partial charge in [-0.1, -0.05) is 19.1 Å². The average Bonchev–Trinajstić information content (AvgIpc) is 2.90. The van der Waals surface area contributed by atoms with Crippen molar-refractivity contribution in [3.63, 3.8) is 0 Å². The summed E-state index contributed by atoms with van der Waals surface area (Å²) in [5.41, 5.74) is 1.88. The summed E-state index contributed by atoms with van der Waals surface area (Å²) < 4.78 is 13.2. The molecule has 0 unspecified atom stereocenters. The van der Waals surface area contributed by atoms with Crippen molar-refractivity contribution >= 4 is 33.9 Å². The first-order chi connectivity index (χ1) is 17.6. The summed E-state index contributed by atoms with van der Waals surface area (Å²) in [5.74, 6) is 0.970. The summed E-state index contributed by atoms with van der Waals surface area (Å²) in [7, 11) is 0. The second-order valence-corrected chi connectivity index (χ2v) is 8.96. The molecule has 1 fully saturated rings. The molecule has 0 amide bonds. The van der Waals surface area contributed by atoms with Crippen LogP contribution in [-0.2, 0) is 6.42 Å². The minimum atomic E-state index is -0.413. The van der Waals surface area contributed by atoms with Crippen molar-refractivity contribution in [1.29, 1.82) is 0 Å². The number of halogens is 1. The van der Waals surface area contributed by atoms with Crippen molar-refractivity contribution in [2.75, 3.05) is 49.9 Å². The Balaban J connectivity index is 1.31. The number of hydrogen-bond donors (Lipinski definition) is 3. The van der Waals surface area contributed by atoms with E-state index >= 15 is 0 Å². The van der Waals surface area contributed by atoms with Gasteiger partial charge in [0.25, 0.3) is 5.56 Å². The van der Waals surface area contributed by atoms with Crippen LogP contribution in [0.25, 0.3) is 10.8 Å². The van der Waals surface area contributed by atoms with Crippen LogP contribution in [0.5, 0.6) is 0 Å². The number of nitrogens with one attached hydrogen (secondary N) is 3. The molecule has 0 spiro atoms. The highest BCUT2D eigenvalue weighted by Crippen LogP contribution is 2.26. The Labute approximate surface area is 209 Å². The molecular weight excluding hydrogens is 457 g/mol. The van der Waals surface area contributed by atoms with Crippen LogP contribution in [0.1, 0.15) is 12.5 Å². The number of benzene rings is 1. The number of H-pyrrole nitrogens is 1. The molecule has 186 valence electrons. The van der Waals surface area contributed by atoms with Gasteiger partial charge in [-0.25, -0.2) is 14.4 Å². The molecule has 4 heterocycles. The minimum Gasteiger partial charge on any atom is -0.339 e. The molecule has 0 saturated carbocycles. The number of pyridine rings is 3. The molecular formula is C27H30FN7O. The number of piperazine rings is 1. The highest BCUT2D eigenvalue weighted by Gasteiger charge is 2.15. The van der Waals surface area contributed by atoms with Crippen molar-refractivity contribution < 1.29 is 4.39 Å². The molecule has 4 aromatic rings. The number of anilines is 4. The smallest absolute Gasteiger partial charge is 0.259 e. The highest BCUT2D eigenvalue weighted by atomic mass is 19.1. The van der Waals surface area contributed by atoms with Crippen molar-refractivity contribution in [2.24, 2.45) is 0 Å². The Morgan fingerprint density at radius 2 is 1.75 bits per heavy atom. The highest BCUT2D eigenvalue weighted by molar-refractivity contribution is 5.94. The van der Waals surface area contributed by atoms with E-state index in [9.17, 15) is 9.18 Å². The third kappa shape index (κ3) is 5.69. The molecule has 0 atom stereocenters. The van der Waals surface area contributed by atoms with E-state index in [2.05, 4.69) is 54.4 Å². The van der Waals surface area contributed by atoms with Gasteiger partial charge in [-0.15, -0.1) is 0 Å². The van der Waals surface area contributed by atoms with Crippen LogP contribution in [0.2, 0.25) is 0 Å². The lowest BCUT2D eigenvalue weighted by Crippen LogP contribution is -2.46. The van der Waals surface area contributed by atoms with Crippen LogP contribution < -0.4 is 16.2 Å². The van der Waals surface area contributed by atoms with E-state index < -0.39 is 5.82 Å². The normalized spacial score (nSPS) is 14.7. The largest absolute Gasteiger partial charge is 0.339 e. The number of rotatable bonds is 8. The standard InChI is InChI=1S/C27H30FN7O/c1-2-34-13-15-35(16-14-34)12-10-19-3-6-22(7-4-19)31-26-25-20(9-11-29-27(25)36)17-24(33-26)32-23-8-5-21(28)18-30-23/h3-9,11,17-18H,2,10,12-16H2,1H3,(H,29,36)(H2,30,31,32,33). The van der Waals surface area contributed by atoms with Gasteiger partial charge in [-0.3, -0.25) is 4.79 Å². The van der Waals surface area contributed by atoms with Crippen molar-refractivity contribution in [2.45, 2.75) is 13.3 Å². The van der Waals surface area contributed by atoms with Gasteiger partial charge in [0.1, 0.15) is 23.3 Å². The van der Waals surface area contributed by atoms with Crippen LogP contribution in [0, 0.1) is 5.82 Å². The first kappa shape index (κ1) is 23.9. The van der Waals surface area contributed by atoms with Crippen LogP contribution in [-0.4, -0.2) is 64.0 Å². The summed E-state index contributed by atoms with van der Waals surface area (Å²) in [5, 5.41) is 7.57. The average molecular weight is 488 g/mol. The van der Waals surface area contributed by atoms with E-state index in [0.29, 0.717) is 22.8 Å². The first-order valence-corrected chi connectivity index (χ1v) is 12.3. The first-order valence-electron chi connectivity index (χ1n) is 12.3. The van der Waals surface area contributed by atoms with Gasteiger partial charge in [-0.2, -0.15) is 0 Å². The fourth-order valence-corrected chi connectivity index (χ4v) is 4.46. The Hall–Kier alpha value is -3.82. The Kier molecular flexibility index (Phi) is 7.20. The molecule has 1 aromatic carbocycles. The Bertz CT molecular complexity index is 1360.